The predicted molar refractivity (Wildman–Crippen MR) is 62.7 cm³/mol. The summed E-state index contributed by atoms with van der Waals surface area (Å²) < 4.78 is 6.85. The van der Waals surface area contributed by atoms with Crippen LogP contribution < -0.4 is 5.32 Å². The van der Waals surface area contributed by atoms with Crippen molar-refractivity contribution in [2.75, 3.05) is 18.5 Å². The molecule has 2 heterocycles. The maximum absolute atomic E-state index is 10.9. The molecule has 0 aliphatic rings. The topological polar surface area (TPSA) is 102 Å². The standard InChI is InChI=1S/C10H13N5O3/c1-7(17)13-10-11-4-8-9(14-10)15(5-12-8)6-18-3-2-16/h4-5,16H,2-3,6H2,1H3,(H,11,13,14,17). The van der Waals surface area contributed by atoms with Crippen LogP contribution in [0.5, 0.6) is 0 Å². The Morgan fingerprint density at radius 3 is 3.11 bits per heavy atom. The molecule has 18 heavy (non-hydrogen) atoms. The first-order valence-electron chi connectivity index (χ1n) is 5.35. The predicted octanol–water partition coefficient (Wildman–Crippen LogP) is -0.249. The van der Waals surface area contributed by atoms with Crippen LogP contribution in [0.1, 0.15) is 6.92 Å². The van der Waals surface area contributed by atoms with Gasteiger partial charge in [-0.15, -0.1) is 0 Å². The summed E-state index contributed by atoms with van der Waals surface area (Å²) in [6.07, 6.45) is 3.09. The number of imidazole rings is 1. The number of anilines is 1. The average molecular weight is 251 g/mol. The molecular weight excluding hydrogens is 238 g/mol. The first-order chi connectivity index (χ1) is 8.70. The van der Waals surface area contributed by atoms with E-state index < -0.39 is 0 Å². The lowest BCUT2D eigenvalue weighted by molar-refractivity contribution is -0.114. The van der Waals surface area contributed by atoms with Crippen LogP contribution >= 0.6 is 0 Å². The van der Waals surface area contributed by atoms with Crippen molar-refractivity contribution in [1.82, 2.24) is 19.5 Å². The number of ether oxygens (including phenoxy) is 1. The highest BCUT2D eigenvalue weighted by Crippen LogP contribution is 2.11. The molecule has 0 unspecified atom stereocenters. The fraction of sp³-hybridized carbons (Fsp3) is 0.400. The summed E-state index contributed by atoms with van der Waals surface area (Å²) in [5.74, 6) is -0.0177. The number of nitrogens with one attached hydrogen (secondary N) is 1. The second kappa shape index (κ2) is 5.52. The number of nitrogens with zero attached hydrogens (tertiary/aromatic N) is 4. The van der Waals surface area contributed by atoms with E-state index in [1.807, 2.05) is 0 Å². The Labute approximate surface area is 103 Å². The molecule has 0 fully saturated rings. The first kappa shape index (κ1) is 12.4. The van der Waals surface area contributed by atoms with Crippen LogP contribution in [0.4, 0.5) is 5.95 Å². The van der Waals surface area contributed by atoms with E-state index in [0.29, 0.717) is 11.2 Å². The minimum atomic E-state index is -0.239. The SMILES string of the molecule is CC(=O)Nc1ncc2ncn(COCCO)c2n1. The summed E-state index contributed by atoms with van der Waals surface area (Å²) in [5, 5.41) is 11.1. The summed E-state index contributed by atoms with van der Waals surface area (Å²) in [6.45, 7) is 1.81. The lowest BCUT2D eigenvalue weighted by atomic mass is 10.5. The second-order valence-electron chi connectivity index (χ2n) is 3.56. The Morgan fingerprint density at radius 1 is 1.56 bits per heavy atom. The molecule has 0 aliphatic carbocycles. The van der Waals surface area contributed by atoms with Crippen molar-refractivity contribution in [2.45, 2.75) is 13.7 Å². The van der Waals surface area contributed by atoms with Crippen LogP contribution in [0.25, 0.3) is 11.2 Å². The molecule has 0 bridgehead atoms. The largest absolute Gasteiger partial charge is 0.394 e. The van der Waals surface area contributed by atoms with Crippen LogP contribution in [0, 0.1) is 0 Å². The molecule has 0 aromatic carbocycles. The van der Waals surface area contributed by atoms with E-state index in [2.05, 4.69) is 20.3 Å². The lowest BCUT2D eigenvalue weighted by Crippen LogP contribution is -2.10. The molecule has 2 rings (SSSR count). The second-order valence-corrected chi connectivity index (χ2v) is 3.56. The Kier molecular flexibility index (Phi) is 3.80. The third kappa shape index (κ3) is 2.79. The van der Waals surface area contributed by atoms with Crippen LogP contribution in [-0.2, 0) is 16.3 Å². The van der Waals surface area contributed by atoms with E-state index in [0.717, 1.165) is 0 Å². The Morgan fingerprint density at radius 2 is 2.39 bits per heavy atom. The third-order valence-corrected chi connectivity index (χ3v) is 2.11. The van der Waals surface area contributed by atoms with Gasteiger partial charge in [0.2, 0.25) is 11.9 Å². The van der Waals surface area contributed by atoms with E-state index in [9.17, 15) is 4.79 Å². The van der Waals surface area contributed by atoms with Crippen LogP contribution in [-0.4, -0.2) is 43.7 Å². The number of carbonyl (C=O) groups is 1. The van der Waals surface area contributed by atoms with Crippen molar-refractivity contribution in [1.29, 1.82) is 0 Å². The van der Waals surface area contributed by atoms with Gasteiger partial charge >= 0.3 is 0 Å². The number of carbonyl (C=O) groups excluding carboxylic acids is 1. The van der Waals surface area contributed by atoms with Crippen molar-refractivity contribution in [3.8, 4) is 0 Å². The normalized spacial score (nSPS) is 10.8. The third-order valence-electron chi connectivity index (χ3n) is 2.11. The van der Waals surface area contributed by atoms with Crippen molar-refractivity contribution in [3.05, 3.63) is 12.5 Å². The number of aliphatic hydroxyl groups is 1. The minimum Gasteiger partial charge on any atom is -0.394 e. The van der Waals surface area contributed by atoms with Gasteiger partial charge in [-0.05, 0) is 0 Å². The maximum Gasteiger partial charge on any atom is 0.231 e. The minimum absolute atomic E-state index is 0.0429. The van der Waals surface area contributed by atoms with Crippen molar-refractivity contribution < 1.29 is 14.6 Å². The number of fused-ring (bicyclic) bond motifs is 1. The van der Waals surface area contributed by atoms with Gasteiger partial charge in [-0.2, -0.15) is 4.98 Å². The van der Waals surface area contributed by atoms with Gasteiger partial charge in [-0.25, -0.2) is 9.97 Å². The Balaban J connectivity index is 2.22. The van der Waals surface area contributed by atoms with Gasteiger partial charge in [0.25, 0.3) is 0 Å². The van der Waals surface area contributed by atoms with E-state index >= 15 is 0 Å². The summed E-state index contributed by atoms with van der Waals surface area (Å²) in [7, 11) is 0. The highest BCUT2D eigenvalue weighted by Gasteiger charge is 2.07. The molecular formula is C10H13N5O3. The summed E-state index contributed by atoms with van der Waals surface area (Å²) in [6, 6.07) is 0. The highest BCUT2D eigenvalue weighted by atomic mass is 16.5. The van der Waals surface area contributed by atoms with Crippen molar-refractivity contribution in [2.24, 2.45) is 0 Å². The molecule has 0 radical (unpaired) electrons. The van der Waals surface area contributed by atoms with Gasteiger partial charge in [-0.1, -0.05) is 0 Å². The number of amides is 1. The van der Waals surface area contributed by atoms with Crippen molar-refractivity contribution >= 4 is 23.0 Å². The molecule has 2 aromatic rings. The summed E-state index contributed by atoms with van der Waals surface area (Å²) in [5.41, 5.74) is 1.17. The monoisotopic (exact) mass is 251 g/mol. The van der Waals surface area contributed by atoms with Gasteiger partial charge in [0.1, 0.15) is 12.2 Å². The molecule has 2 aromatic heterocycles. The number of hydrogen-bond donors (Lipinski definition) is 2. The smallest absolute Gasteiger partial charge is 0.231 e. The molecule has 0 aliphatic heterocycles. The fourth-order valence-corrected chi connectivity index (χ4v) is 1.40. The van der Waals surface area contributed by atoms with Crippen molar-refractivity contribution in [3.63, 3.8) is 0 Å². The van der Waals surface area contributed by atoms with E-state index in [4.69, 9.17) is 9.84 Å². The van der Waals surface area contributed by atoms with Gasteiger partial charge in [-0.3, -0.25) is 14.7 Å². The zero-order valence-electron chi connectivity index (χ0n) is 9.83. The van der Waals surface area contributed by atoms with E-state index in [1.165, 1.54) is 13.1 Å². The van der Waals surface area contributed by atoms with Gasteiger partial charge in [0.05, 0.1) is 25.7 Å². The molecule has 0 saturated carbocycles. The van der Waals surface area contributed by atoms with E-state index in [-0.39, 0.29) is 31.8 Å². The molecule has 96 valence electrons. The van der Waals surface area contributed by atoms with Gasteiger partial charge in [0.15, 0.2) is 5.65 Å². The van der Waals surface area contributed by atoms with Crippen LogP contribution in [0.15, 0.2) is 12.5 Å². The molecule has 2 N–H and O–H groups in total. The Bertz CT molecular complexity index is 553. The number of aromatic nitrogens is 4. The van der Waals surface area contributed by atoms with Crippen LogP contribution in [0.2, 0.25) is 0 Å². The number of hydrogen-bond acceptors (Lipinski definition) is 6. The highest BCUT2D eigenvalue weighted by molar-refractivity contribution is 5.87. The van der Waals surface area contributed by atoms with Gasteiger partial charge < -0.3 is 9.84 Å². The van der Waals surface area contributed by atoms with Gasteiger partial charge in [0, 0.05) is 6.92 Å². The number of rotatable bonds is 5. The zero-order valence-corrected chi connectivity index (χ0v) is 9.83. The summed E-state index contributed by atoms with van der Waals surface area (Å²) in [4.78, 5) is 23.1. The molecule has 1 amide bonds. The fourth-order valence-electron chi connectivity index (χ4n) is 1.40. The lowest BCUT2D eigenvalue weighted by Gasteiger charge is -2.05. The van der Waals surface area contributed by atoms with Crippen LogP contribution in [0.3, 0.4) is 0 Å². The molecule has 0 atom stereocenters. The van der Waals surface area contributed by atoms with E-state index in [1.54, 1.807) is 10.9 Å². The average Bonchev–Trinajstić information content (AvgIpc) is 2.72. The molecule has 8 heteroatoms. The maximum atomic E-state index is 10.9. The molecule has 0 spiro atoms. The first-order valence-corrected chi connectivity index (χ1v) is 5.35. The number of aliphatic hydroxyl groups excluding tert-OH is 1. The quantitative estimate of drug-likeness (QED) is 0.710. The summed E-state index contributed by atoms with van der Waals surface area (Å²) >= 11 is 0. The zero-order chi connectivity index (χ0) is 13.0. The Hall–Kier alpha value is -2.06. The molecule has 8 nitrogen and oxygen atoms in total. The molecule has 0 saturated heterocycles.